The molecule has 0 aliphatic carbocycles. The van der Waals surface area contributed by atoms with Gasteiger partial charge in [0, 0.05) is 12.1 Å². The maximum absolute atomic E-state index is 12.3. The smallest absolute Gasteiger partial charge is 0.289 e. The number of Topliss-reactive ketones (excluding diaryl/α,β-unsaturated/α-hetero) is 1. The first-order chi connectivity index (χ1) is 9.83. The van der Waals surface area contributed by atoms with Gasteiger partial charge in [-0.15, -0.1) is 0 Å². The van der Waals surface area contributed by atoms with Crippen LogP contribution in [-0.4, -0.2) is 23.3 Å². The monoisotopic (exact) mass is 290 g/mol. The predicted octanol–water partition coefficient (Wildman–Crippen LogP) is 2.43. The first kappa shape index (κ1) is 17.4. The van der Waals surface area contributed by atoms with E-state index in [4.69, 9.17) is 0 Å². The molecule has 1 rings (SSSR count). The van der Waals surface area contributed by atoms with Gasteiger partial charge in [0.15, 0.2) is 0 Å². The number of rotatable bonds is 7. The minimum absolute atomic E-state index is 0.199. The minimum atomic E-state index is -0.519. The molecule has 0 aliphatic heterocycles. The van der Waals surface area contributed by atoms with Crippen molar-refractivity contribution < 1.29 is 9.59 Å². The molecule has 0 bridgehead atoms. The van der Waals surface area contributed by atoms with E-state index in [1.54, 1.807) is 0 Å². The fourth-order valence-corrected chi connectivity index (χ4v) is 2.10. The first-order valence-corrected chi connectivity index (χ1v) is 7.47. The zero-order valence-corrected chi connectivity index (χ0v) is 13.4. The van der Waals surface area contributed by atoms with Gasteiger partial charge in [-0.05, 0) is 32.8 Å². The lowest BCUT2D eigenvalue weighted by atomic mass is 10.0. The van der Waals surface area contributed by atoms with E-state index in [0.29, 0.717) is 13.0 Å². The van der Waals surface area contributed by atoms with Gasteiger partial charge in [0.25, 0.3) is 5.91 Å². The molecule has 1 amide bonds. The Balaban J connectivity index is 2.59. The molecule has 4 nitrogen and oxygen atoms in total. The van der Waals surface area contributed by atoms with Crippen LogP contribution in [0.5, 0.6) is 0 Å². The number of hydrogen-bond acceptors (Lipinski definition) is 3. The summed E-state index contributed by atoms with van der Waals surface area (Å²) in [5.74, 6) is -0.906. The number of nitrogens with one attached hydrogen (secondary N) is 2. The van der Waals surface area contributed by atoms with Gasteiger partial charge in [-0.2, -0.15) is 0 Å². The number of ketones is 1. The van der Waals surface area contributed by atoms with Crippen molar-refractivity contribution in [3.63, 3.8) is 0 Å². The lowest BCUT2D eigenvalue weighted by Gasteiger charge is -2.27. The molecule has 0 heterocycles. The number of hydrogen-bond donors (Lipinski definition) is 2. The van der Waals surface area contributed by atoms with Crippen LogP contribution < -0.4 is 10.6 Å². The van der Waals surface area contributed by atoms with E-state index in [1.165, 1.54) is 0 Å². The van der Waals surface area contributed by atoms with Crippen molar-refractivity contribution in [3.05, 3.63) is 35.9 Å². The molecule has 0 saturated heterocycles. The predicted molar refractivity (Wildman–Crippen MR) is 84.9 cm³/mol. The van der Waals surface area contributed by atoms with Crippen LogP contribution in [0.25, 0.3) is 0 Å². The zero-order chi connectivity index (χ0) is 15.9. The topological polar surface area (TPSA) is 58.2 Å². The molecule has 0 aliphatic rings. The second-order valence-electron chi connectivity index (χ2n) is 6.27. The Morgan fingerprint density at radius 1 is 1.14 bits per heavy atom. The highest BCUT2D eigenvalue weighted by molar-refractivity contribution is 6.38. The second kappa shape index (κ2) is 7.93. The molecule has 1 aromatic carbocycles. The third-order valence-corrected chi connectivity index (χ3v) is 3.02. The van der Waals surface area contributed by atoms with Crippen molar-refractivity contribution in [1.29, 1.82) is 0 Å². The molecule has 1 aromatic rings. The van der Waals surface area contributed by atoms with E-state index in [2.05, 4.69) is 10.6 Å². The lowest BCUT2D eigenvalue weighted by Crippen LogP contribution is -2.51. The van der Waals surface area contributed by atoms with Gasteiger partial charge in [0.2, 0.25) is 5.78 Å². The quantitative estimate of drug-likeness (QED) is 0.758. The Hall–Kier alpha value is -1.68. The van der Waals surface area contributed by atoms with E-state index >= 15 is 0 Å². The largest absolute Gasteiger partial charge is 0.345 e. The van der Waals surface area contributed by atoms with Gasteiger partial charge in [-0.25, -0.2) is 0 Å². The molecule has 116 valence electrons. The summed E-state index contributed by atoms with van der Waals surface area (Å²) < 4.78 is 0. The van der Waals surface area contributed by atoms with Gasteiger partial charge in [-0.1, -0.05) is 43.7 Å². The highest BCUT2D eigenvalue weighted by Gasteiger charge is 2.27. The standard InChI is InChI=1S/C17H26N2O2/c1-5-9-14(19-17(2,3)4)15(20)16(21)18-12-13-10-7-6-8-11-13/h6-8,10-11,14,19H,5,9,12H2,1-4H3,(H,18,21). The van der Waals surface area contributed by atoms with E-state index < -0.39 is 11.9 Å². The van der Waals surface area contributed by atoms with Gasteiger partial charge < -0.3 is 10.6 Å². The molecule has 0 fully saturated rings. The van der Waals surface area contributed by atoms with Crippen molar-refractivity contribution in [2.75, 3.05) is 0 Å². The zero-order valence-electron chi connectivity index (χ0n) is 13.4. The third kappa shape index (κ3) is 6.54. The van der Waals surface area contributed by atoms with E-state index in [1.807, 2.05) is 58.0 Å². The SMILES string of the molecule is CCCC(NC(C)(C)C)C(=O)C(=O)NCc1ccccc1. The van der Waals surface area contributed by atoms with E-state index in [-0.39, 0.29) is 11.3 Å². The van der Waals surface area contributed by atoms with Crippen molar-refractivity contribution in [3.8, 4) is 0 Å². The van der Waals surface area contributed by atoms with Gasteiger partial charge in [0.05, 0.1) is 6.04 Å². The summed E-state index contributed by atoms with van der Waals surface area (Å²) in [4.78, 5) is 24.3. The number of benzene rings is 1. The Kier molecular flexibility index (Phi) is 6.56. The molecular weight excluding hydrogens is 264 g/mol. The van der Waals surface area contributed by atoms with Crippen molar-refractivity contribution >= 4 is 11.7 Å². The summed E-state index contributed by atoms with van der Waals surface area (Å²) in [6.07, 6.45) is 1.51. The highest BCUT2D eigenvalue weighted by Crippen LogP contribution is 2.07. The van der Waals surface area contributed by atoms with E-state index in [9.17, 15) is 9.59 Å². The summed E-state index contributed by atoms with van der Waals surface area (Å²) in [7, 11) is 0. The fraction of sp³-hybridized carbons (Fsp3) is 0.529. The molecule has 0 spiro atoms. The first-order valence-electron chi connectivity index (χ1n) is 7.47. The van der Waals surface area contributed by atoms with Crippen LogP contribution >= 0.6 is 0 Å². The molecule has 1 unspecified atom stereocenters. The lowest BCUT2D eigenvalue weighted by molar-refractivity contribution is -0.139. The summed E-state index contributed by atoms with van der Waals surface area (Å²) in [6, 6.07) is 9.14. The molecule has 2 N–H and O–H groups in total. The second-order valence-corrected chi connectivity index (χ2v) is 6.27. The summed E-state index contributed by atoms with van der Waals surface area (Å²) >= 11 is 0. The van der Waals surface area contributed by atoms with Gasteiger partial charge in [-0.3, -0.25) is 9.59 Å². The Morgan fingerprint density at radius 2 is 1.76 bits per heavy atom. The van der Waals surface area contributed by atoms with Crippen LogP contribution in [0.15, 0.2) is 30.3 Å². The summed E-state index contributed by atoms with van der Waals surface area (Å²) in [5.41, 5.74) is 0.782. The van der Waals surface area contributed by atoms with Crippen LogP contribution in [0.2, 0.25) is 0 Å². The molecule has 1 atom stereocenters. The number of amides is 1. The number of carbonyl (C=O) groups excluding carboxylic acids is 2. The minimum Gasteiger partial charge on any atom is -0.345 e. The average Bonchev–Trinajstić information content (AvgIpc) is 2.43. The number of carbonyl (C=O) groups is 2. The van der Waals surface area contributed by atoms with Crippen molar-refractivity contribution in [1.82, 2.24) is 10.6 Å². The normalized spacial score (nSPS) is 12.8. The van der Waals surface area contributed by atoms with Crippen LogP contribution in [0, 0.1) is 0 Å². The van der Waals surface area contributed by atoms with Crippen LogP contribution in [0.1, 0.15) is 46.1 Å². The van der Waals surface area contributed by atoms with Gasteiger partial charge in [0.1, 0.15) is 0 Å². The van der Waals surface area contributed by atoms with Crippen molar-refractivity contribution in [2.45, 2.75) is 58.7 Å². The maximum Gasteiger partial charge on any atom is 0.289 e. The summed E-state index contributed by atoms with van der Waals surface area (Å²) in [5, 5.41) is 5.92. The average molecular weight is 290 g/mol. The van der Waals surface area contributed by atoms with Crippen LogP contribution in [-0.2, 0) is 16.1 Å². The highest BCUT2D eigenvalue weighted by atomic mass is 16.2. The van der Waals surface area contributed by atoms with Gasteiger partial charge >= 0.3 is 0 Å². The molecule has 0 radical (unpaired) electrons. The maximum atomic E-state index is 12.3. The summed E-state index contributed by atoms with van der Waals surface area (Å²) in [6.45, 7) is 8.35. The Labute approximate surface area is 127 Å². The molecule has 0 saturated carbocycles. The van der Waals surface area contributed by atoms with Crippen LogP contribution in [0.3, 0.4) is 0 Å². The fourth-order valence-electron chi connectivity index (χ4n) is 2.10. The van der Waals surface area contributed by atoms with Crippen molar-refractivity contribution in [2.24, 2.45) is 0 Å². The molecule has 0 aromatic heterocycles. The third-order valence-electron chi connectivity index (χ3n) is 3.02. The Morgan fingerprint density at radius 3 is 2.29 bits per heavy atom. The Bertz CT molecular complexity index is 463. The van der Waals surface area contributed by atoms with E-state index in [0.717, 1.165) is 12.0 Å². The van der Waals surface area contributed by atoms with Crippen LogP contribution in [0.4, 0.5) is 0 Å². The molecular formula is C17H26N2O2. The molecule has 21 heavy (non-hydrogen) atoms. The molecule has 4 heteroatoms.